The highest BCUT2D eigenvalue weighted by molar-refractivity contribution is 4.73. The lowest BCUT2D eigenvalue weighted by molar-refractivity contribution is 0.116. The van der Waals surface area contributed by atoms with Crippen LogP contribution in [0.15, 0.2) is 0 Å². The van der Waals surface area contributed by atoms with E-state index in [0.717, 1.165) is 19.1 Å². The van der Waals surface area contributed by atoms with Crippen LogP contribution >= 0.6 is 0 Å². The van der Waals surface area contributed by atoms with E-state index in [0.29, 0.717) is 6.10 Å². The van der Waals surface area contributed by atoms with Gasteiger partial charge in [0.2, 0.25) is 0 Å². The fourth-order valence-corrected chi connectivity index (χ4v) is 2.29. The summed E-state index contributed by atoms with van der Waals surface area (Å²) in [6, 6.07) is 0.798. The van der Waals surface area contributed by atoms with Gasteiger partial charge in [-0.2, -0.15) is 0 Å². The van der Waals surface area contributed by atoms with Crippen molar-refractivity contribution in [2.45, 2.75) is 51.7 Å². The van der Waals surface area contributed by atoms with Crippen LogP contribution in [0.25, 0.3) is 0 Å². The van der Waals surface area contributed by atoms with Gasteiger partial charge in [-0.25, -0.2) is 0 Å². The third-order valence-electron chi connectivity index (χ3n) is 3.57. The predicted molar refractivity (Wildman–Crippen MR) is 68.8 cm³/mol. The minimum Gasteiger partial charge on any atom is -0.380 e. The third-order valence-corrected chi connectivity index (χ3v) is 3.57. The lowest BCUT2D eigenvalue weighted by Crippen LogP contribution is -2.39. The van der Waals surface area contributed by atoms with E-state index in [9.17, 15) is 0 Å². The van der Waals surface area contributed by atoms with Crippen LogP contribution in [-0.4, -0.2) is 50.3 Å². The number of nitrogens with one attached hydrogen (secondary N) is 1. The highest BCUT2D eigenvalue weighted by Gasteiger charge is 2.16. The number of likely N-dealkylation sites (tertiary alicyclic amines) is 1. The van der Waals surface area contributed by atoms with Gasteiger partial charge in [0.25, 0.3) is 0 Å². The first-order chi connectivity index (χ1) is 7.74. The summed E-state index contributed by atoms with van der Waals surface area (Å²) < 4.78 is 5.19. The molecule has 3 heteroatoms. The fraction of sp³-hybridized carbons (Fsp3) is 1.00. The van der Waals surface area contributed by atoms with E-state index >= 15 is 0 Å². The van der Waals surface area contributed by atoms with E-state index < -0.39 is 0 Å². The smallest absolute Gasteiger partial charge is 0.0667 e. The largest absolute Gasteiger partial charge is 0.380 e. The molecule has 96 valence electrons. The molecule has 0 aromatic heterocycles. The van der Waals surface area contributed by atoms with E-state index in [1.165, 1.54) is 38.8 Å². The summed E-state index contributed by atoms with van der Waals surface area (Å²) in [6.45, 7) is 9.08. The Kier molecular flexibility index (Phi) is 7.01. The molecule has 1 rings (SSSR count). The third kappa shape index (κ3) is 5.28. The molecule has 16 heavy (non-hydrogen) atoms. The SMILES string of the molecule is COC(C)CNCCCN1CCCCC1C. The summed E-state index contributed by atoms with van der Waals surface area (Å²) in [5.74, 6) is 0. The summed E-state index contributed by atoms with van der Waals surface area (Å²) >= 11 is 0. The van der Waals surface area contributed by atoms with Crippen molar-refractivity contribution >= 4 is 0 Å². The zero-order valence-corrected chi connectivity index (χ0v) is 11.2. The van der Waals surface area contributed by atoms with Gasteiger partial charge < -0.3 is 15.0 Å². The molecule has 2 unspecified atom stereocenters. The molecular formula is C13H28N2O. The predicted octanol–water partition coefficient (Wildman–Crippen LogP) is 1.88. The van der Waals surface area contributed by atoms with Crippen molar-refractivity contribution in [2.75, 3.05) is 33.3 Å². The molecule has 1 heterocycles. The zero-order valence-electron chi connectivity index (χ0n) is 11.2. The van der Waals surface area contributed by atoms with Gasteiger partial charge >= 0.3 is 0 Å². The Morgan fingerprint density at radius 3 is 2.94 bits per heavy atom. The Morgan fingerprint density at radius 1 is 1.44 bits per heavy atom. The molecule has 3 nitrogen and oxygen atoms in total. The van der Waals surface area contributed by atoms with Gasteiger partial charge in [-0.05, 0) is 52.7 Å². The average Bonchev–Trinajstić information content (AvgIpc) is 2.30. The van der Waals surface area contributed by atoms with Crippen molar-refractivity contribution in [1.82, 2.24) is 10.2 Å². The Bertz CT molecular complexity index is 175. The number of hydrogen-bond donors (Lipinski definition) is 1. The Balaban J connectivity index is 1.97. The Labute approximate surface area is 101 Å². The van der Waals surface area contributed by atoms with Gasteiger partial charge in [0.15, 0.2) is 0 Å². The minimum atomic E-state index is 0.328. The summed E-state index contributed by atoms with van der Waals surface area (Å²) in [5, 5.41) is 3.44. The molecule has 1 aliphatic rings. The van der Waals surface area contributed by atoms with Crippen molar-refractivity contribution in [1.29, 1.82) is 0 Å². The maximum Gasteiger partial charge on any atom is 0.0667 e. The van der Waals surface area contributed by atoms with E-state index in [1.807, 2.05) is 0 Å². The monoisotopic (exact) mass is 228 g/mol. The maximum atomic E-state index is 5.19. The lowest BCUT2D eigenvalue weighted by atomic mass is 10.0. The molecule has 0 aliphatic carbocycles. The standard InChI is InChI=1S/C13H28N2O/c1-12-7-4-5-9-15(12)10-6-8-14-11-13(2)16-3/h12-14H,4-11H2,1-3H3. The van der Waals surface area contributed by atoms with Gasteiger partial charge in [0, 0.05) is 19.7 Å². The molecule has 0 aromatic rings. The second-order valence-corrected chi connectivity index (χ2v) is 4.98. The molecule has 1 saturated heterocycles. The number of piperidine rings is 1. The molecule has 1 aliphatic heterocycles. The van der Waals surface area contributed by atoms with Gasteiger partial charge in [0.05, 0.1) is 6.10 Å². The van der Waals surface area contributed by atoms with Crippen LogP contribution in [-0.2, 0) is 4.74 Å². The molecule has 0 saturated carbocycles. The number of nitrogens with zero attached hydrogens (tertiary/aromatic N) is 1. The van der Waals surface area contributed by atoms with Crippen LogP contribution in [0.3, 0.4) is 0 Å². The van der Waals surface area contributed by atoms with Crippen LogP contribution in [0.4, 0.5) is 0 Å². The van der Waals surface area contributed by atoms with Crippen molar-refractivity contribution in [3.8, 4) is 0 Å². The first kappa shape index (κ1) is 13.9. The van der Waals surface area contributed by atoms with Crippen LogP contribution in [0.2, 0.25) is 0 Å². The topological polar surface area (TPSA) is 24.5 Å². The van der Waals surface area contributed by atoms with Gasteiger partial charge in [0.1, 0.15) is 0 Å². The molecule has 1 fully saturated rings. The fourth-order valence-electron chi connectivity index (χ4n) is 2.29. The second-order valence-electron chi connectivity index (χ2n) is 4.98. The van der Waals surface area contributed by atoms with E-state index in [-0.39, 0.29) is 0 Å². The average molecular weight is 228 g/mol. The van der Waals surface area contributed by atoms with Gasteiger partial charge in [-0.15, -0.1) is 0 Å². The van der Waals surface area contributed by atoms with E-state index in [1.54, 1.807) is 7.11 Å². The van der Waals surface area contributed by atoms with Crippen LogP contribution in [0.5, 0.6) is 0 Å². The highest BCUT2D eigenvalue weighted by Crippen LogP contribution is 2.15. The van der Waals surface area contributed by atoms with Crippen molar-refractivity contribution in [3.63, 3.8) is 0 Å². The number of ether oxygens (including phenoxy) is 1. The molecule has 0 spiro atoms. The molecular weight excluding hydrogens is 200 g/mol. The molecule has 0 radical (unpaired) electrons. The summed E-state index contributed by atoms with van der Waals surface area (Å²) in [4.78, 5) is 2.63. The van der Waals surface area contributed by atoms with Crippen molar-refractivity contribution in [2.24, 2.45) is 0 Å². The number of hydrogen-bond acceptors (Lipinski definition) is 3. The van der Waals surface area contributed by atoms with E-state index in [2.05, 4.69) is 24.1 Å². The molecule has 1 N–H and O–H groups in total. The van der Waals surface area contributed by atoms with Gasteiger partial charge in [-0.3, -0.25) is 0 Å². The Morgan fingerprint density at radius 2 is 2.25 bits per heavy atom. The van der Waals surface area contributed by atoms with Gasteiger partial charge in [-0.1, -0.05) is 6.42 Å². The normalized spacial score (nSPS) is 24.6. The summed E-state index contributed by atoms with van der Waals surface area (Å²) in [7, 11) is 1.77. The number of rotatable bonds is 7. The lowest BCUT2D eigenvalue weighted by Gasteiger charge is -2.33. The van der Waals surface area contributed by atoms with Crippen molar-refractivity contribution < 1.29 is 4.74 Å². The maximum absolute atomic E-state index is 5.19. The summed E-state index contributed by atoms with van der Waals surface area (Å²) in [6.07, 6.45) is 5.77. The minimum absolute atomic E-state index is 0.328. The van der Waals surface area contributed by atoms with Crippen LogP contribution in [0.1, 0.15) is 39.5 Å². The first-order valence-electron chi connectivity index (χ1n) is 6.71. The molecule has 0 bridgehead atoms. The molecule has 2 atom stereocenters. The van der Waals surface area contributed by atoms with E-state index in [4.69, 9.17) is 4.74 Å². The Hall–Kier alpha value is -0.120. The number of methoxy groups -OCH3 is 1. The highest BCUT2D eigenvalue weighted by atomic mass is 16.5. The summed E-state index contributed by atoms with van der Waals surface area (Å²) in [5.41, 5.74) is 0. The van der Waals surface area contributed by atoms with Crippen LogP contribution < -0.4 is 5.32 Å². The molecule has 0 aromatic carbocycles. The zero-order chi connectivity index (χ0) is 11.8. The van der Waals surface area contributed by atoms with Crippen LogP contribution in [0, 0.1) is 0 Å². The second kappa shape index (κ2) is 8.04. The molecule has 0 amide bonds. The first-order valence-corrected chi connectivity index (χ1v) is 6.71. The van der Waals surface area contributed by atoms with Crippen molar-refractivity contribution in [3.05, 3.63) is 0 Å². The quantitative estimate of drug-likeness (QED) is 0.673.